The van der Waals surface area contributed by atoms with E-state index >= 15 is 0 Å². The summed E-state index contributed by atoms with van der Waals surface area (Å²) in [6, 6.07) is 7.60. The van der Waals surface area contributed by atoms with Gasteiger partial charge in [0, 0.05) is 5.25 Å². The molecule has 100 valence electrons. The fourth-order valence-electron chi connectivity index (χ4n) is 2.55. The van der Waals surface area contributed by atoms with Crippen LogP contribution in [0, 0.1) is 5.92 Å². The lowest BCUT2D eigenvalue weighted by atomic mass is 9.89. The number of carboxylic acids is 1. The summed E-state index contributed by atoms with van der Waals surface area (Å²) in [4.78, 5) is 15.7. The van der Waals surface area contributed by atoms with Crippen molar-refractivity contribution in [3.05, 3.63) is 24.3 Å². The Morgan fingerprint density at radius 2 is 2.11 bits per heavy atom. The van der Waals surface area contributed by atoms with Gasteiger partial charge >= 0.3 is 5.97 Å². The van der Waals surface area contributed by atoms with E-state index in [-0.39, 0.29) is 11.2 Å². The van der Waals surface area contributed by atoms with Gasteiger partial charge in [-0.05, 0) is 25.0 Å². The van der Waals surface area contributed by atoms with E-state index in [9.17, 15) is 9.90 Å². The second-order valence-electron chi connectivity index (χ2n) is 4.83. The standard InChI is InChI=1S/C14H15NO3S/c16-13(17)9-5-1-4-8-12(9)19-14-15-10-6-2-3-7-11(10)18-14/h2-3,6-7,9,12H,1,4-5,8H2,(H,16,17). The third-order valence-corrected chi connectivity index (χ3v) is 4.79. The number of nitrogens with zero attached hydrogens (tertiary/aromatic N) is 1. The number of para-hydroxylation sites is 2. The van der Waals surface area contributed by atoms with Crippen LogP contribution in [-0.4, -0.2) is 21.3 Å². The third kappa shape index (κ3) is 2.61. The molecule has 1 aliphatic rings. The molecule has 0 spiro atoms. The van der Waals surface area contributed by atoms with Gasteiger partial charge in [-0.15, -0.1) is 0 Å². The molecule has 0 amide bonds. The molecule has 5 heteroatoms. The van der Waals surface area contributed by atoms with Gasteiger partial charge in [-0.1, -0.05) is 36.7 Å². The summed E-state index contributed by atoms with van der Waals surface area (Å²) in [6.45, 7) is 0. The van der Waals surface area contributed by atoms with E-state index in [4.69, 9.17) is 4.42 Å². The molecule has 1 aliphatic carbocycles. The lowest BCUT2D eigenvalue weighted by Gasteiger charge is -2.26. The first-order valence-electron chi connectivity index (χ1n) is 6.49. The van der Waals surface area contributed by atoms with Crippen LogP contribution in [0.4, 0.5) is 0 Å². The molecule has 2 atom stereocenters. The Morgan fingerprint density at radius 3 is 2.89 bits per heavy atom. The molecule has 1 fully saturated rings. The highest BCUT2D eigenvalue weighted by atomic mass is 32.2. The maximum atomic E-state index is 11.3. The monoisotopic (exact) mass is 277 g/mol. The number of aromatic nitrogens is 1. The topological polar surface area (TPSA) is 63.3 Å². The smallest absolute Gasteiger partial charge is 0.307 e. The zero-order chi connectivity index (χ0) is 13.2. The van der Waals surface area contributed by atoms with E-state index in [0.29, 0.717) is 5.22 Å². The van der Waals surface area contributed by atoms with Gasteiger partial charge < -0.3 is 9.52 Å². The lowest BCUT2D eigenvalue weighted by molar-refractivity contribution is -0.142. The van der Waals surface area contributed by atoms with Gasteiger partial charge in [0.05, 0.1) is 5.92 Å². The van der Waals surface area contributed by atoms with Gasteiger partial charge in [-0.2, -0.15) is 0 Å². The average molecular weight is 277 g/mol. The van der Waals surface area contributed by atoms with Crippen molar-refractivity contribution >= 4 is 28.8 Å². The number of hydrogen-bond donors (Lipinski definition) is 1. The van der Waals surface area contributed by atoms with Gasteiger partial charge in [-0.3, -0.25) is 4.79 Å². The first-order chi connectivity index (χ1) is 9.24. The number of thioether (sulfide) groups is 1. The van der Waals surface area contributed by atoms with Crippen molar-refractivity contribution in [1.82, 2.24) is 4.98 Å². The van der Waals surface area contributed by atoms with Gasteiger partial charge in [0.1, 0.15) is 5.52 Å². The molecular formula is C14H15NO3S. The van der Waals surface area contributed by atoms with Crippen molar-refractivity contribution in [3.8, 4) is 0 Å². The van der Waals surface area contributed by atoms with Crippen LogP contribution in [-0.2, 0) is 4.79 Å². The number of fused-ring (bicyclic) bond motifs is 1. The van der Waals surface area contributed by atoms with Gasteiger partial charge in [-0.25, -0.2) is 4.98 Å². The minimum atomic E-state index is -0.701. The van der Waals surface area contributed by atoms with E-state index in [2.05, 4.69) is 4.98 Å². The van der Waals surface area contributed by atoms with Crippen LogP contribution < -0.4 is 0 Å². The quantitative estimate of drug-likeness (QED) is 0.929. The van der Waals surface area contributed by atoms with Crippen molar-refractivity contribution in [2.75, 3.05) is 0 Å². The number of oxazole rings is 1. The maximum absolute atomic E-state index is 11.3. The molecule has 1 aromatic carbocycles. The molecule has 19 heavy (non-hydrogen) atoms. The molecular weight excluding hydrogens is 262 g/mol. The van der Waals surface area contributed by atoms with Crippen molar-refractivity contribution in [2.45, 2.75) is 36.2 Å². The zero-order valence-corrected chi connectivity index (χ0v) is 11.2. The number of rotatable bonds is 3. The van der Waals surface area contributed by atoms with E-state index in [1.165, 1.54) is 11.8 Å². The number of aliphatic carboxylic acids is 1. The molecule has 1 N–H and O–H groups in total. The molecule has 4 nitrogen and oxygen atoms in total. The summed E-state index contributed by atoms with van der Waals surface area (Å²) >= 11 is 1.47. The molecule has 2 unspecified atom stereocenters. The summed E-state index contributed by atoms with van der Waals surface area (Å²) in [7, 11) is 0. The number of benzene rings is 1. The summed E-state index contributed by atoms with van der Waals surface area (Å²) in [5.74, 6) is -0.984. The highest BCUT2D eigenvalue weighted by Crippen LogP contribution is 2.38. The van der Waals surface area contributed by atoms with Crippen LogP contribution in [0.1, 0.15) is 25.7 Å². The zero-order valence-electron chi connectivity index (χ0n) is 10.4. The minimum absolute atomic E-state index is 0.0688. The summed E-state index contributed by atoms with van der Waals surface area (Å²) in [6.07, 6.45) is 3.76. The van der Waals surface area contributed by atoms with Gasteiger partial charge in [0.2, 0.25) is 0 Å². The SMILES string of the molecule is O=C(O)C1CCCCC1Sc1nc2ccccc2o1. The summed E-state index contributed by atoms with van der Waals surface area (Å²) in [5, 5.41) is 9.91. The maximum Gasteiger partial charge on any atom is 0.307 e. The van der Waals surface area contributed by atoms with Crippen molar-refractivity contribution < 1.29 is 14.3 Å². The fourth-order valence-corrected chi connectivity index (χ4v) is 3.80. The van der Waals surface area contributed by atoms with Crippen LogP contribution in [0.5, 0.6) is 0 Å². The first kappa shape index (κ1) is 12.5. The molecule has 1 aromatic heterocycles. The fraction of sp³-hybridized carbons (Fsp3) is 0.429. The van der Waals surface area contributed by atoms with Gasteiger partial charge in [0.25, 0.3) is 5.22 Å². The highest BCUT2D eigenvalue weighted by Gasteiger charge is 2.32. The molecule has 1 saturated carbocycles. The average Bonchev–Trinajstić information content (AvgIpc) is 2.81. The molecule has 0 saturated heterocycles. The van der Waals surface area contributed by atoms with Crippen molar-refractivity contribution in [2.24, 2.45) is 5.92 Å². The summed E-state index contributed by atoms with van der Waals surface area (Å²) < 4.78 is 5.66. The van der Waals surface area contributed by atoms with Crippen LogP contribution >= 0.6 is 11.8 Å². The van der Waals surface area contributed by atoms with E-state index < -0.39 is 5.97 Å². The molecule has 0 radical (unpaired) electrons. The van der Waals surface area contributed by atoms with E-state index in [1.807, 2.05) is 24.3 Å². The Bertz CT molecular complexity index is 562. The Morgan fingerprint density at radius 1 is 1.32 bits per heavy atom. The Kier molecular flexibility index (Phi) is 3.46. The number of hydrogen-bond acceptors (Lipinski definition) is 4. The Hall–Kier alpha value is -1.49. The van der Waals surface area contributed by atoms with Crippen LogP contribution in [0.15, 0.2) is 33.9 Å². The molecule has 1 heterocycles. The predicted molar refractivity (Wildman–Crippen MR) is 73.2 cm³/mol. The minimum Gasteiger partial charge on any atom is -0.481 e. The van der Waals surface area contributed by atoms with E-state index in [1.54, 1.807) is 0 Å². The molecule has 0 aliphatic heterocycles. The molecule has 0 bridgehead atoms. The highest BCUT2D eigenvalue weighted by molar-refractivity contribution is 7.99. The Balaban J connectivity index is 1.80. The second kappa shape index (κ2) is 5.25. The first-order valence-corrected chi connectivity index (χ1v) is 7.37. The van der Waals surface area contributed by atoms with Crippen LogP contribution in [0.3, 0.4) is 0 Å². The third-order valence-electron chi connectivity index (χ3n) is 3.55. The number of carbonyl (C=O) groups is 1. The van der Waals surface area contributed by atoms with Crippen LogP contribution in [0.25, 0.3) is 11.1 Å². The van der Waals surface area contributed by atoms with E-state index in [0.717, 1.165) is 36.8 Å². The predicted octanol–water partition coefficient (Wildman–Crippen LogP) is 3.56. The summed E-state index contributed by atoms with van der Waals surface area (Å²) in [5.41, 5.74) is 1.58. The lowest BCUT2D eigenvalue weighted by Crippen LogP contribution is -2.29. The number of carboxylic acid groups (broad SMARTS) is 1. The Labute approximate surface area is 115 Å². The second-order valence-corrected chi connectivity index (χ2v) is 6.02. The normalized spacial score (nSPS) is 23.6. The van der Waals surface area contributed by atoms with Crippen molar-refractivity contribution in [1.29, 1.82) is 0 Å². The molecule has 2 aromatic rings. The van der Waals surface area contributed by atoms with Gasteiger partial charge in [0.15, 0.2) is 5.58 Å². The molecule has 3 rings (SSSR count). The largest absolute Gasteiger partial charge is 0.481 e. The van der Waals surface area contributed by atoms with Crippen LogP contribution in [0.2, 0.25) is 0 Å². The van der Waals surface area contributed by atoms with Crippen molar-refractivity contribution in [3.63, 3.8) is 0 Å².